The topological polar surface area (TPSA) is 50.3 Å². The maximum atomic E-state index is 12.5. The van der Waals surface area contributed by atoms with Gasteiger partial charge in [0.25, 0.3) is 0 Å². The van der Waals surface area contributed by atoms with Crippen LogP contribution >= 0.6 is 27.3 Å². The van der Waals surface area contributed by atoms with Crippen LogP contribution in [-0.4, -0.2) is 24.3 Å². The minimum Gasteiger partial charge on any atom is -0.262 e. The quantitative estimate of drug-likeness (QED) is 0.828. The Morgan fingerprint density at radius 1 is 1.37 bits per heavy atom. The zero-order valence-corrected chi connectivity index (χ0v) is 13.1. The highest BCUT2D eigenvalue weighted by Gasteiger charge is 2.29. The molecule has 0 saturated carbocycles. The molecule has 0 N–H and O–H groups in total. The van der Waals surface area contributed by atoms with Gasteiger partial charge in [-0.05, 0) is 45.4 Å². The van der Waals surface area contributed by atoms with Crippen molar-refractivity contribution in [3.05, 3.63) is 44.8 Å². The second-order valence-electron chi connectivity index (χ2n) is 4.30. The first kappa shape index (κ1) is 13.2. The fraction of sp³-hybridized carbons (Fsp3) is 0.250. The fourth-order valence-corrected chi connectivity index (χ4v) is 4.93. The lowest BCUT2D eigenvalue weighted by atomic mass is 10.1. The number of thiophene rings is 1. The first-order valence-corrected chi connectivity index (χ1v) is 8.84. The summed E-state index contributed by atoms with van der Waals surface area (Å²) in [6.07, 6.45) is 3.75. The van der Waals surface area contributed by atoms with Crippen LogP contribution in [0.25, 0.3) is 0 Å². The Morgan fingerprint density at radius 2 is 2.21 bits per heavy atom. The predicted octanol–water partition coefficient (Wildman–Crippen LogP) is 2.65. The minimum absolute atomic E-state index is 0.237. The summed E-state index contributed by atoms with van der Waals surface area (Å²) in [4.78, 5) is 5.46. The lowest BCUT2D eigenvalue weighted by Gasteiger charge is -2.26. The number of sulfonamides is 1. The number of aromatic nitrogens is 1. The average Bonchev–Trinajstić information content (AvgIpc) is 2.85. The molecule has 0 amide bonds. The smallest absolute Gasteiger partial charge is 0.244 e. The van der Waals surface area contributed by atoms with Gasteiger partial charge in [-0.15, -0.1) is 11.3 Å². The lowest BCUT2D eigenvalue weighted by Crippen LogP contribution is -2.35. The molecule has 0 bridgehead atoms. The monoisotopic (exact) mass is 358 g/mol. The molecule has 1 aliphatic rings. The van der Waals surface area contributed by atoms with Crippen molar-refractivity contribution in [2.45, 2.75) is 17.9 Å². The molecule has 3 heterocycles. The summed E-state index contributed by atoms with van der Waals surface area (Å²) in [5.41, 5.74) is 1.11. The van der Waals surface area contributed by atoms with Gasteiger partial charge < -0.3 is 0 Å². The largest absolute Gasteiger partial charge is 0.262 e. The van der Waals surface area contributed by atoms with Crippen LogP contribution in [0.3, 0.4) is 0 Å². The SMILES string of the molecule is O=S(=O)(c1cncc(Br)c1)N1CCc2sccc2C1. The molecule has 0 radical (unpaired) electrons. The average molecular weight is 359 g/mol. The van der Waals surface area contributed by atoms with Gasteiger partial charge in [-0.3, -0.25) is 4.98 Å². The van der Waals surface area contributed by atoms with E-state index >= 15 is 0 Å². The highest BCUT2D eigenvalue weighted by molar-refractivity contribution is 9.10. The van der Waals surface area contributed by atoms with Crippen molar-refractivity contribution in [2.24, 2.45) is 0 Å². The molecule has 4 nitrogen and oxygen atoms in total. The van der Waals surface area contributed by atoms with Crippen molar-refractivity contribution < 1.29 is 8.42 Å². The number of hydrogen-bond donors (Lipinski definition) is 0. The third-order valence-corrected chi connectivity index (χ3v) is 6.36. The van der Waals surface area contributed by atoms with Crippen LogP contribution in [-0.2, 0) is 23.0 Å². The highest BCUT2D eigenvalue weighted by Crippen LogP contribution is 2.28. The van der Waals surface area contributed by atoms with Gasteiger partial charge in [0.05, 0.1) is 0 Å². The molecule has 0 aromatic carbocycles. The lowest BCUT2D eigenvalue weighted by molar-refractivity contribution is 0.394. The zero-order valence-electron chi connectivity index (χ0n) is 9.91. The Labute approximate surface area is 124 Å². The van der Waals surface area contributed by atoms with Crippen molar-refractivity contribution in [1.29, 1.82) is 0 Å². The Balaban J connectivity index is 1.94. The second-order valence-corrected chi connectivity index (χ2v) is 8.15. The molecule has 0 fully saturated rings. The van der Waals surface area contributed by atoms with Gasteiger partial charge >= 0.3 is 0 Å². The van der Waals surface area contributed by atoms with Crippen LogP contribution in [0.15, 0.2) is 39.3 Å². The molecule has 0 atom stereocenters. The summed E-state index contributed by atoms with van der Waals surface area (Å²) >= 11 is 4.95. The summed E-state index contributed by atoms with van der Waals surface area (Å²) in [6.45, 7) is 0.982. The van der Waals surface area contributed by atoms with Gasteiger partial charge in [0.1, 0.15) is 4.90 Å². The number of halogens is 1. The number of nitrogens with zero attached hydrogens (tertiary/aromatic N) is 2. The van der Waals surface area contributed by atoms with Gasteiger partial charge in [-0.1, -0.05) is 0 Å². The molecule has 1 aliphatic heterocycles. The summed E-state index contributed by atoms with van der Waals surface area (Å²) in [5.74, 6) is 0. The first-order chi connectivity index (χ1) is 9.07. The minimum atomic E-state index is -3.46. The summed E-state index contributed by atoms with van der Waals surface area (Å²) in [6, 6.07) is 3.59. The Bertz CT molecular complexity index is 712. The third kappa shape index (κ3) is 2.47. The van der Waals surface area contributed by atoms with E-state index in [1.54, 1.807) is 23.6 Å². The Morgan fingerprint density at radius 3 is 3.00 bits per heavy atom. The van der Waals surface area contributed by atoms with Crippen molar-refractivity contribution in [2.75, 3.05) is 6.54 Å². The molecule has 2 aromatic heterocycles. The molecule has 0 aliphatic carbocycles. The molecule has 100 valence electrons. The van der Waals surface area contributed by atoms with E-state index in [9.17, 15) is 8.42 Å². The number of pyridine rings is 1. The molecule has 0 spiro atoms. The van der Waals surface area contributed by atoms with Gasteiger partial charge in [0.2, 0.25) is 10.0 Å². The summed E-state index contributed by atoms with van der Waals surface area (Å²) in [5, 5.41) is 2.02. The van der Waals surface area contributed by atoms with Crippen molar-refractivity contribution in [3.8, 4) is 0 Å². The van der Waals surface area contributed by atoms with E-state index in [-0.39, 0.29) is 4.90 Å². The summed E-state index contributed by atoms with van der Waals surface area (Å²) in [7, 11) is -3.46. The van der Waals surface area contributed by atoms with E-state index in [2.05, 4.69) is 20.9 Å². The molecular weight excluding hydrogens is 348 g/mol. The van der Waals surface area contributed by atoms with Crippen LogP contribution in [0.5, 0.6) is 0 Å². The highest BCUT2D eigenvalue weighted by atomic mass is 79.9. The normalized spacial score (nSPS) is 16.3. The van der Waals surface area contributed by atoms with E-state index in [0.29, 0.717) is 17.6 Å². The molecule has 7 heteroatoms. The second kappa shape index (κ2) is 4.97. The van der Waals surface area contributed by atoms with Crippen molar-refractivity contribution in [1.82, 2.24) is 9.29 Å². The van der Waals surface area contributed by atoms with E-state index in [0.717, 1.165) is 12.0 Å². The zero-order chi connectivity index (χ0) is 13.5. The van der Waals surface area contributed by atoms with Crippen LogP contribution < -0.4 is 0 Å². The van der Waals surface area contributed by atoms with Crippen molar-refractivity contribution in [3.63, 3.8) is 0 Å². The Hall–Kier alpha value is -0.760. The van der Waals surface area contributed by atoms with Crippen molar-refractivity contribution >= 4 is 37.3 Å². The molecule has 0 unspecified atom stereocenters. The van der Waals surface area contributed by atoms with Gasteiger partial charge in [0, 0.05) is 34.8 Å². The third-order valence-electron chi connectivity index (χ3n) is 3.09. The fourth-order valence-electron chi connectivity index (χ4n) is 2.11. The molecular formula is C12H11BrN2O2S2. The number of rotatable bonds is 2. The van der Waals surface area contributed by atoms with Gasteiger partial charge in [-0.2, -0.15) is 4.31 Å². The predicted molar refractivity (Wildman–Crippen MR) is 77.6 cm³/mol. The van der Waals surface area contributed by atoms with Crippen LogP contribution in [0.2, 0.25) is 0 Å². The Kier molecular flexibility index (Phi) is 3.46. The van der Waals surface area contributed by atoms with E-state index in [4.69, 9.17) is 0 Å². The summed E-state index contributed by atoms with van der Waals surface area (Å²) < 4.78 is 27.3. The van der Waals surface area contributed by atoms with Crippen LogP contribution in [0.1, 0.15) is 10.4 Å². The van der Waals surface area contributed by atoms with Gasteiger partial charge in [-0.25, -0.2) is 8.42 Å². The molecule has 19 heavy (non-hydrogen) atoms. The van der Waals surface area contributed by atoms with E-state index < -0.39 is 10.0 Å². The van der Waals surface area contributed by atoms with Crippen LogP contribution in [0, 0.1) is 0 Å². The van der Waals surface area contributed by atoms with E-state index in [1.807, 2.05) is 11.4 Å². The molecule has 0 saturated heterocycles. The van der Waals surface area contributed by atoms with E-state index in [1.165, 1.54) is 15.4 Å². The number of hydrogen-bond acceptors (Lipinski definition) is 4. The maximum Gasteiger partial charge on any atom is 0.244 e. The maximum absolute atomic E-state index is 12.5. The first-order valence-electron chi connectivity index (χ1n) is 5.73. The molecule has 3 rings (SSSR count). The standard InChI is InChI=1S/C12H11BrN2O2S2/c13-10-5-11(7-14-6-10)19(16,17)15-3-1-12-9(8-15)2-4-18-12/h2,4-7H,1,3,8H2. The number of fused-ring (bicyclic) bond motifs is 1. The molecule has 2 aromatic rings. The van der Waals surface area contributed by atoms with Gasteiger partial charge in [0.15, 0.2) is 0 Å². The van der Waals surface area contributed by atoms with Crippen LogP contribution in [0.4, 0.5) is 0 Å².